The minimum atomic E-state index is 0.0453. The van der Waals surface area contributed by atoms with Crippen LogP contribution in [0.5, 0.6) is 5.75 Å². The van der Waals surface area contributed by atoms with Crippen LogP contribution in [0.4, 0.5) is 5.69 Å². The first kappa shape index (κ1) is 19.6. The highest BCUT2D eigenvalue weighted by Crippen LogP contribution is 2.38. The molecule has 150 valence electrons. The van der Waals surface area contributed by atoms with Gasteiger partial charge in [0, 0.05) is 18.2 Å². The molecule has 4 nitrogen and oxygen atoms in total. The second-order valence-corrected chi connectivity index (χ2v) is 8.72. The van der Waals surface area contributed by atoms with E-state index in [4.69, 9.17) is 9.72 Å². The third-order valence-electron chi connectivity index (χ3n) is 5.51. The van der Waals surface area contributed by atoms with Gasteiger partial charge in [-0.1, -0.05) is 30.3 Å². The lowest BCUT2D eigenvalue weighted by Gasteiger charge is -2.29. The molecule has 0 spiro atoms. The van der Waals surface area contributed by atoms with Gasteiger partial charge in [-0.05, 0) is 62.4 Å². The Labute approximate surface area is 176 Å². The van der Waals surface area contributed by atoms with Gasteiger partial charge in [-0.15, -0.1) is 11.3 Å². The van der Waals surface area contributed by atoms with Gasteiger partial charge in [0.15, 0.2) is 0 Å². The summed E-state index contributed by atoms with van der Waals surface area (Å²) in [4.78, 5) is 21.0. The molecule has 0 aliphatic heterocycles. The van der Waals surface area contributed by atoms with Crippen molar-refractivity contribution >= 4 is 22.9 Å². The maximum absolute atomic E-state index is 13.6. The molecule has 1 amide bonds. The van der Waals surface area contributed by atoms with Crippen molar-refractivity contribution in [3.63, 3.8) is 0 Å². The number of hydrogen-bond acceptors (Lipinski definition) is 4. The zero-order valence-electron chi connectivity index (χ0n) is 17.1. The molecule has 1 unspecified atom stereocenters. The number of nitrogens with zero attached hydrogens (tertiary/aromatic N) is 2. The number of methoxy groups -OCH3 is 1. The van der Waals surface area contributed by atoms with Crippen LogP contribution in [0.25, 0.3) is 0 Å². The maximum atomic E-state index is 13.6. The fourth-order valence-corrected chi connectivity index (χ4v) is 4.71. The largest absolute Gasteiger partial charge is 0.497 e. The van der Waals surface area contributed by atoms with Crippen molar-refractivity contribution in [2.75, 3.05) is 12.0 Å². The molecule has 1 fully saturated rings. The summed E-state index contributed by atoms with van der Waals surface area (Å²) >= 11 is 1.52. The molecule has 2 aromatic carbocycles. The Hall–Kier alpha value is -2.66. The Morgan fingerprint density at radius 1 is 1.17 bits per heavy atom. The highest BCUT2D eigenvalue weighted by molar-refractivity contribution is 7.14. The fraction of sp³-hybridized carbons (Fsp3) is 0.333. The van der Waals surface area contributed by atoms with Gasteiger partial charge >= 0.3 is 0 Å². The second kappa shape index (κ2) is 8.37. The van der Waals surface area contributed by atoms with E-state index in [1.54, 1.807) is 7.11 Å². The Morgan fingerprint density at radius 3 is 2.48 bits per heavy atom. The molecular formula is C24H26N2O2S. The summed E-state index contributed by atoms with van der Waals surface area (Å²) in [5, 5.41) is 0.978. The van der Waals surface area contributed by atoms with E-state index in [-0.39, 0.29) is 11.9 Å². The average molecular weight is 407 g/mol. The van der Waals surface area contributed by atoms with Gasteiger partial charge < -0.3 is 9.64 Å². The van der Waals surface area contributed by atoms with Crippen molar-refractivity contribution in [1.29, 1.82) is 0 Å². The summed E-state index contributed by atoms with van der Waals surface area (Å²) in [6.07, 6.45) is 3.12. The molecule has 1 aromatic heterocycles. The number of aromatic nitrogens is 1. The van der Waals surface area contributed by atoms with Gasteiger partial charge in [0.1, 0.15) is 10.6 Å². The summed E-state index contributed by atoms with van der Waals surface area (Å²) in [5.74, 6) is 1.40. The van der Waals surface area contributed by atoms with Crippen LogP contribution < -0.4 is 9.64 Å². The molecule has 1 saturated carbocycles. The van der Waals surface area contributed by atoms with Gasteiger partial charge in [0.05, 0.1) is 17.8 Å². The number of ether oxygens (including phenoxy) is 1. The van der Waals surface area contributed by atoms with Gasteiger partial charge in [-0.2, -0.15) is 0 Å². The predicted molar refractivity (Wildman–Crippen MR) is 118 cm³/mol. The Bertz CT molecular complexity index is 978. The molecule has 5 heteroatoms. The minimum Gasteiger partial charge on any atom is -0.497 e. The van der Waals surface area contributed by atoms with Crippen LogP contribution in [0, 0.1) is 12.8 Å². The summed E-state index contributed by atoms with van der Waals surface area (Å²) < 4.78 is 5.28. The minimum absolute atomic E-state index is 0.0453. The van der Waals surface area contributed by atoms with Crippen LogP contribution in [0.1, 0.15) is 45.7 Å². The number of rotatable bonds is 7. The summed E-state index contributed by atoms with van der Waals surface area (Å²) in [7, 11) is 1.65. The molecule has 1 atom stereocenters. The molecule has 3 aromatic rings. The summed E-state index contributed by atoms with van der Waals surface area (Å²) in [6, 6.07) is 18.2. The number of aryl methyl sites for hydroxylation is 1. The van der Waals surface area contributed by atoms with Crippen molar-refractivity contribution in [3.8, 4) is 5.75 Å². The normalized spacial score (nSPS) is 14.4. The van der Waals surface area contributed by atoms with E-state index in [9.17, 15) is 4.79 Å². The Morgan fingerprint density at radius 2 is 1.86 bits per heavy atom. The van der Waals surface area contributed by atoms with Crippen molar-refractivity contribution < 1.29 is 9.53 Å². The number of amides is 1. The van der Waals surface area contributed by atoms with E-state index in [1.807, 2.05) is 54.3 Å². The molecule has 4 rings (SSSR count). The van der Waals surface area contributed by atoms with Crippen molar-refractivity contribution in [1.82, 2.24) is 4.98 Å². The molecule has 0 N–H and O–H groups in total. The summed E-state index contributed by atoms with van der Waals surface area (Å²) in [5.41, 5.74) is 2.93. The lowest BCUT2D eigenvalue weighted by molar-refractivity contribution is 0.0979. The van der Waals surface area contributed by atoms with Crippen LogP contribution in [0.2, 0.25) is 0 Å². The Balaban J connectivity index is 1.63. The smallest absolute Gasteiger partial charge is 0.270 e. The van der Waals surface area contributed by atoms with Gasteiger partial charge in [0.25, 0.3) is 5.91 Å². The number of carbonyl (C=O) groups excluding carboxylic acids is 1. The lowest BCUT2D eigenvalue weighted by Crippen LogP contribution is -2.40. The van der Waals surface area contributed by atoms with Gasteiger partial charge in [0.2, 0.25) is 0 Å². The molecule has 0 radical (unpaired) electrons. The monoisotopic (exact) mass is 406 g/mol. The van der Waals surface area contributed by atoms with E-state index in [1.165, 1.54) is 29.7 Å². The SMILES string of the molecule is COc1ccc(N(C(=O)c2sc(Cc3ccccc3)nc2C)C(C)C2CC2)cc1. The molecule has 29 heavy (non-hydrogen) atoms. The molecule has 1 aliphatic rings. The standard InChI is InChI=1S/C24H26N2O2S/c1-16-23(29-22(25-16)15-18-7-5-4-6-8-18)24(27)26(17(2)19-9-10-19)20-11-13-21(28-3)14-12-20/h4-8,11-14,17,19H,9-10,15H2,1-3H3. The average Bonchev–Trinajstić information content (AvgIpc) is 3.52. The predicted octanol–water partition coefficient (Wildman–Crippen LogP) is 5.50. The van der Waals surface area contributed by atoms with E-state index in [0.29, 0.717) is 5.92 Å². The van der Waals surface area contributed by atoms with Crippen molar-refractivity contribution in [2.24, 2.45) is 5.92 Å². The number of thiazole rings is 1. The zero-order chi connectivity index (χ0) is 20.4. The number of benzene rings is 2. The number of carbonyl (C=O) groups is 1. The number of hydrogen-bond donors (Lipinski definition) is 0. The second-order valence-electron chi connectivity index (χ2n) is 7.64. The van der Waals surface area contributed by atoms with Crippen LogP contribution in [0.15, 0.2) is 54.6 Å². The van der Waals surface area contributed by atoms with Gasteiger partial charge in [-0.3, -0.25) is 4.79 Å². The zero-order valence-corrected chi connectivity index (χ0v) is 17.9. The lowest BCUT2D eigenvalue weighted by atomic mass is 10.1. The molecular weight excluding hydrogens is 380 g/mol. The molecule has 0 bridgehead atoms. The van der Waals surface area contributed by atoms with Crippen molar-refractivity contribution in [2.45, 2.75) is 39.2 Å². The topological polar surface area (TPSA) is 42.4 Å². The number of anilines is 1. The first-order valence-corrected chi connectivity index (χ1v) is 10.9. The van der Waals surface area contributed by atoms with Crippen LogP contribution in [0.3, 0.4) is 0 Å². The van der Waals surface area contributed by atoms with Crippen molar-refractivity contribution in [3.05, 3.63) is 75.7 Å². The van der Waals surface area contributed by atoms with Crippen LogP contribution >= 0.6 is 11.3 Å². The molecule has 0 saturated heterocycles. The first-order valence-electron chi connectivity index (χ1n) is 10.0. The Kier molecular flexibility index (Phi) is 5.67. The highest BCUT2D eigenvalue weighted by atomic mass is 32.1. The van der Waals surface area contributed by atoms with E-state index < -0.39 is 0 Å². The van der Waals surface area contributed by atoms with Gasteiger partial charge in [-0.25, -0.2) is 4.98 Å². The third kappa shape index (κ3) is 4.35. The molecule has 1 heterocycles. The quantitative estimate of drug-likeness (QED) is 0.521. The first-order chi connectivity index (χ1) is 14.1. The maximum Gasteiger partial charge on any atom is 0.270 e. The van der Waals surface area contributed by atoms with E-state index >= 15 is 0 Å². The fourth-order valence-electron chi connectivity index (χ4n) is 3.68. The third-order valence-corrected chi connectivity index (χ3v) is 6.66. The summed E-state index contributed by atoms with van der Waals surface area (Å²) in [6.45, 7) is 4.09. The molecule has 1 aliphatic carbocycles. The van der Waals surface area contributed by atoms with E-state index in [2.05, 4.69) is 19.1 Å². The van der Waals surface area contributed by atoms with Crippen LogP contribution in [-0.4, -0.2) is 24.0 Å². The van der Waals surface area contributed by atoms with E-state index in [0.717, 1.165) is 33.4 Å². The highest BCUT2D eigenvalue weighted by Gasteiger charge is 2.36. The van der Waals surface area contributed by atoms with Crippen LogP contribution in [-0.2, 0) is 6.42 Å².